The Morgan fingerprint density at radius 2 is 2.33 bits per heavy atom. The average Bonchev–Trinajstić information content (AvgIpc) is 2.37. The molecular weight excluding hydrogens is 228 g/mol. The second-order valence-electron chi connectivity index (χ2n) is 4.79. The van der Waals surface area contributed by atoms with Crippen molar-refractivity contribution in [2.45, 2.75) is 25.8 Å². The molecule has 18 heavy (non-hydrogen) atoms. The zero-order chi connectivity index (χ0) is 13.1. The minimum atomic E-state index is -0.582. The summed E-state index contributed by atoms with van der Waals surface area (Å²) in [7, 11) is 1.56. The molecule has 1 aromatic carbocycles. The molecule has 1 heterocycles. The van der Waals surface area contributed by atoms with Crippen LogP contribution in [0, 0.1) is 6.92 Å². The van der Waals surface area contributed by atoms with Crippen LogP contribution in [0.3, 0.4) is 0 Å². The van der Waals surface area contributed by atoms with Crippen LogP contribution in [-0.2, 0) is 16.0 Å². The molecule has 2 N–H and O–H groups in total. The molecule has 0 spiro atoms. The molecule has 4 nitrogen and oxygen atoms in total. The van der Waals surface area contributed by atoms with Gasteiger partial charge in [-0.1, -0.05) is 12.1 Å². The van der Waals surface area contributed by atoms with E-state index in [1.807, 2.05) is 6.92 Å². The van der Waals surface area contributed by atoms with Crippen molar-refractivity contribution in [1.82, 2.24) is 0 Å². The Bertz CT molecular complexity index is 445. The van der Waals surface area contributed by atoms with Gasteiger partial charge in [-0.15, -0.1) is 0 Å². The Labute approximate surface area is 108 Å². The summed E-state index contributed by atoms with van der Waals surface area (Å²) < 4.78 is 4.95. The van der Waals surface area contributed by atoms with E-state index in [1.54, 1.807) is 12.0 Å². The molecule has 1 unspecified atom stereocenters. The lowest BCUT2D eigenvalue weighted by Gasteiger charge is -2.31. The summed E-state index contributed by atoms with van der Waals surface area (Å²) >= 11 is 0. The normalized spacial score (nSPS) is 16.3. The smallest absolute Gasteiger partial charge is 0.246 e. The number of hydrogen-bond donors (Lipinski definition) is 1. The summed E-state index contributed by atoms with van der Waals surface area (Å²) in [5, 5.41) is 0. The first-order valence-corrected chi connectivity index (χ1v) is 6.29. The molecule has 1 aliphatic heterocycles. The van der Waals surface area contributed by atoms with E-state index in [-0.39, 0.29) is 12.5 Å². The van der Waals surface area contributed by atoms with Crippen LogP contribution in [0.15, 0.2) is 18.2 Å². The number of carbonyl (C=O) groups excluding carboxylic acids is 1. The first-order valence-electron chi connectivity index (χ1n) is 6.29. The van der Waals surface area contributed by atoms with Gasteiger partial charge < -0.3 is 15.4 Å². The number of rotatable bonds is 3. The Balaban J connectivity index is 2.26. The van der Waals surface area contributed by atoms with Crippen molar-refractivity contribution in [3.05, 3.63) is 29.3 Å². The largest absolute Gasteiger partial charge is 0.383 e. The van der Waals surface area contributed by atoms with Gasteiger partial charge in [0.1, 0.15) is 6.04 Å². The van der Waals surface area contributed by atoms with E-state index in [0.717, 1.165) is 30.6 Å². The molecule has 1 atom stereocenters. The first-order chi connectivity index (χ1) is 8.63. The van der Waals surface area contributed by atoms with Gasteiger partial charge in [0, 0.05) is 19.3 Å². The van der Waals surface area contributed by atoms with Crippen LogP contribution in [0.2, 0.25) is 0 Å². The van der Waals surface area contributed by atoms with E-state index < -0.39 is 6.04 Å². The van der Waals surface area contributed by atoms with Gasteiger partial charge in [-0.3, -0.25) is 4.79 Å². The SMILES string of the molecule is COCC(N)C(=O)N1CCCc2ccc(C)cc21. The Morgan fingerprint density at radius 3 is 3.06 bits per heavy atom. The van der Waals surface area contributed by atoms with Gasteiger partial charge in [0.25, 0.3) is 0 Å². The summed E-state index contributed by atoms with van der Waals surface area (Å²) in [4.78, 5) is 14.1. The topological polar surface area (TPSA) is 55.6 Å². The first kappa shape index (κ1) is 13.1. The second-order valence-corrected chi connectivity index (χ2v) is 4.79. The summed E-state index contributed by atoms with van der Waals surface area (Å²) in [6, 6.07) is 5.67. The van der Waals surface area contributed by atoms with Crippen molar-refractivity contribution >= 4 is 11.6 Å². The fourth-order valence-corrected chi connectivity index (χ4v) is 2.36. The van der Waals surface area contributed by atoms with Crippen molar-refractivity contribution in [3.8, 4) is 0 Å². The van der Waals surface area contributed by atoms with Gasteiger partial charge >= 0.3 is 0 Å². The molecule has 0 radical (unpaired) electrons. The van der Waals surface area contributed by atoms with Crippen molar-refractivity contribution in [2.75, 3.05) is 25.2 Å². The molecule has 0 aromatic heterocycles. The van der Waals surface area contributed by atoms with Gasteiger partial charge in [-0.2, -0.15) is 0 Å². The number of amides is 1. The van der Waals surface area contributed by atoms with E-state index in [4.69, 9.17) is 10.5 Å². The van der Waals surface area contributed by atoms with Gasteiger partial charge in [-0.05, 0) is 37.0 Å². The van der Waals surface area contributed by atoms with Gasteiger partial charge in [0.05, 0.1) is 6.61 Å². The van der Waals surface area contributed by atoms with Crippen LogP contribution in [-0.4, -0.2) is 32.2 Å². The predicted octanol–water partition coefficient (Wildman–Crippen LogP) is 1.25. The molecular formula is C14H20N2O2. The van der Waals surface area contributed by atoms with Gasteiger partial charge in [0.15, 0.2) is 0 Å². The number of anilines is 1. The molecule has 1 aliphatic rings. The Hall–Kier alpha value is -1.39. The number of nitrogens with zero attached hydrogens (tertiary/aromatic N) is 1. The van der Waals surface area contributed by atoms with Gasteiger partial charge in [-0.25, -0.2) is 0 Å². The van der Waals surface area contributed by atoms with E-state index in [2.05, 4.69) is 18.2 Å². The zero-order valence-electron chi connectivity index (χ0n) is 11.0. The maximum Gasteiger partial charge on any atom is 0.246 e. The summed E-state index contributed by atoms with van der Waals surface area (Å²) in [5.41, 5.74) is 9.24. The van der Waals surface area contributed by atoms with Crippen LogP contribution in [0.25, 0.3) is 0 Å². The highest BCUT2D eigenvalue weighted by Gasteiger charge is 2.26. The molecule has 0 aliphatic carbocycles. The van der Waals surface area contributed by atoms with Crippen LogP contribution in [0.1, 0.15) is 17.5 Å². The number of hydrogen-bond acceptors (Lipinski definition) is 3. The minimum Gasteiger partial charge on any atom is -0.383 e. The molecule has 0 saturated heterocycles. The van der Waals surface area contributed by atoms with E-state index in [1.165, 1.54) is 5.56 Å². The number of benzene rings is 1. The van der Waals surface area contributed by atoms with Crippen LogP contribution >= 0.6 is 0 Å². The van der Waals surface area contributed by atoms with E-state index in [0.29, 0.717) is 0 Å². The minimum absolute atomic E-state index is 0.0524. The third-order valence-electron chi connectivity index (χ3n) is 3.29. The van der Waals surface area contributed by atoms with E-state index in [9.17, 15) is 4.79 Å². The summed E-state index contributed by atoms with van der Waals surface area (Å²) in [5.74, 6) is -0.0524. The lowest BCUT2D eigenvalue weighted by atomic mass is 9.99. The maximum absolute atomic E-state index is 12.3. The molecule has 1 amide bonds. The predicted molar refractivity (Wildman–Crippen MR) is 71.7 cm³/mol. The lowest BCUT2D eigenvalue weighted by Crippen LogP contribution is -2.48. The highest BCUT2D eigenvalue weighted by Crippen LogP contribution is 2.28. The van der Waals surface area contributed by atoms with Crippen molar-refractivity contribution in [3.63, 3.8) is 0 Å². The fourth-order valence-electron chi connectivity index (χ4n) is 2.36. The summed E-state index contributed by atoms with van der Waals surface area (Å²) in [6.45, 7) is 3.04. The highest BCUT2D eigenvalue weighted by atomic mass is 16.5. The average molecular weight is 248 g/mol. The van der Waals surface area contributed by atoms with Gasteiger partial charge in [0.2, 0.25) is 5.91 Å². The zero-order valence-corrected chi connectivity index (χ0v) is 11.0. The third-order valence-corrected chi connectivity index (χ3v) is 3.29. The van der Waals surface area contributed by atoms with Crippen LogP contribution in [0.4, 0.5) is 5.69 Å². The lowest BCUT2D eigenvalue weighted by molar-refractivity contribution is -0.121. The Kier molecular flexibility index (Phi) is 3.99. The number of ether oxygens (including phenoxy) is 1. The molecule has 4 heteroatoms. The number of nitrogens with two attached hydrogens (primary N) is 1. The Morgan fingerprint density at radius 1 is 1.56 bits per heavy atom. The number of methoxy groups -OCH3 is 1. The van der Waals surface area contributed by atoms with Crippen LogP contribution < -0.4 is 10.6 Å². The third kappa shape index (κ3) is 2.54. The monoisotopic (exact) mass is 248 g/mol. The molecule has 0 bridgehead atoms. The van der Waals surface area contributed by atoms with Crippen LogP contribution in [0.5, 0.6) is 0 Å². The maximum atomic E-state index is 12.3. The van der Waals surface area contributed by atoms with Crippen molar-refractivity contribution in [1.29, 1.82) is 0 Å². The van der Waals surface area contributed by atoms with Crippen molar-refractivity contribution < 1.29 is 9.53 Å². The molecule has 98 valence electrons. The number of carbonyl (C=O) groups is 1. The standard InChI is InChI=1S/C14H20N2O2/c1-10-5-6-11-4-3-7-16(13(11)8-10)14(17)12(15)9-18-2/h5-6,8,12H,3-4,7,9,15H2,1-2H3. The molecule has 2 rings (SSSR count). The quantitative estimate of drug-likeness (QED) is 0.876. The molecule has 0 fully saturated rings. The highest BCUT2D eigenvalue weighted by molar-refractivity contribution is 5.98. The molecule has 1 aromatic rings. The summed E-state index contributed by atoms with van der Waals surface area (Å²) in [6.07, 6.45) is 2.01. The number of fused-ring (bicyclic) bond motifs is 1. The fraction of sp³-hybridized carbons (Fsp3) is 0.500. The second kappa shape index (κ2) is 5.50. The molecule has 0 saturated carbocycles. The van der Waals surface area contributed by atoms with Crippen molar-refractivity contribution in [2.24, 2.45) is 5.73 Å². The van der Waals surface area contributed by atoms with E-state index >= 15 is 0 Å². The number of aryl methyl sites for hydroxylation is 2.